The van der Waals surface area contributed by atoms with Crippen LogP contribution in [0.25, 0.3) is 0 Å². The maximum atomic E-state index is 12.0. The van der Waals surface area contributed by atoms with Gasteiger partial charge in [-0.2, -0.15) is 0 Å². The number of nitrogens with two attached hydrogens (primary N) is 1. The number of rotatable bonds is 4. The minimum atomic E-state index is -0.299. The largest absolute Gasteiger partial charge is 0.394 e. The van der Waals surface area contributed by atoms with Crippen molar-refractivity contribution in [3.8, 4) is 0 Å². The number of nitrogens with zero attached hydrogens (tertiary/aromatic N) is 2. The number of aromatic nitrogens is 2. The van der Waals surface area contributed by atoms with Gasteiger partial charge in [-0.1, -0.05) is 0 Å². The molecule has 1 aromatic heterocycles. The highest BCUT2D eigenvalue weighted by atomic mass is 16.5. The predicted molar refractivity (Wildman–Crippen MR) is 67.9 cm³/mol. The Morgan fingerprint density at radius 2 is 2.37 bits per heavy atom. The summed E-state index contributed by atoms with van der Waals surface area (Å²) in [6.45, 7) is 2.39. The third kappa shape index (κ3) is 2.94. The second-order valence-corrected chi connectivity index (χ2v) is 4.42. The summed E-state index contributed by atoms with van der Waals surface area (Å²) in [4.78, 5) is 16.1. The van der Waals surface area contributed by atoms with Crippen molar-refractivity contribution in [1.29, 1.82) is 0 Å². The Kier molecular flexibility index (Phi) is 4.18. The highest BCUT2D eigenvalue weighted by Gasteiger charge is 2.21. The van der Waals surface area contributed by atoms with Gasteiger partial charge in [0.15, 0.2) is 0 Å². The van der Waals surface area contributed by atoms with Crippen molar-refractivity contribution < 1.29 is 14.6 Å². The highest BCUT2D eigenvalue weighted by molar-refractivity contribution is 5.94. The minimum Gasteiger partial charge on any atom is -0.394 e. The molecule has 1 amide bonds. The molecule has 1 aliphatic heterocycles. The third-order valence-corrected chi connectivity index (χ3v) is 3.07. The molecule has 7 heteroatoms. The molecule has 19 heavy (non-hydrogen) atoms. The van der Waals surface area contributed by atoms with Crippen LogP contribution in [0.3, 0.4) is 0 Å². The lowest BCUT2D eigenvalue weighted by molar-refractivity contribution is 0.0468. The first-order chi connectivity index (χ1) is 9.13. The number of carbonyl (C=O) groups is 1. The smallest absolute Gasteiger partial charge is 0.277 e. The van der Waals surface area contributed by atoms with E-state index in [0.29, 0.717) is 17.9 Å². The monoisotopic (exact) mass is 266 g/mol. The second kappa shape index (κ2) is 5.85. The topological polar surface area (TPSA) is 102 Å². The Labute approximate surface area is 111 Å². The van der Waals surface area contributed by atoms with Gasteiger partial charge in [0.2, 0.25) is 0 Å². The number of fused-ring (bicyclic) bond motifs is 1. The summed E-state index contributed by atoms with van der Waals surface area (Å²) in [7, 11) is 0. The van der Waals surface area contributed by atoms with Gasteiger partial charge in [0.05, 0.1) is 25.2 Å². The fraction of sp³-hybridized carbons (Fsp3) is 0.500. The van der Waals surface area contributed by atoms with Crippen LogP contribution in [0.1, 0.15) is 29.5 Å². The van der Waals surface area contributed by atoms with Gasteiger partial charge in [-0.05, 0) is 25.3 Å². The van der Waals surface area contributed by atoms with Gasteiger partial charge in [0.1, 0.15) is 18.2 Å². The maximum Gasteiger partial charge on any atom is 0.277 e. The molecule has 0 unspecified atom stereocenters. The number of aliphatic hydroxyl groups excluding tert-OH is 1. The molecule has 0 spiro atoms. The molecular weight excluding hydrogens is 248 g/mol. The zero-order chi connectivity index (χ0) is 13.8. The Morgan fingerprint density at radius 1 is 1.58 bits per heavy atom. The number of imidazole rings is 1. The maximum absolute atomic E-state index is 12.0. The van der Waals surface area contributed by atoms with E-state index in [4.69, 9.17) is 15.6 Å². The van der Waals surface area contributed by atoms with Crippen molar-refractivity contribution in [3.63, 3.8) is 0 Å². The Hall–Kier alpha value is -1.86. The summed E-state index contributed by atoms with van der Waals surface area (Å²) in [6, 6.07) is 0. The Morgan fingerprint density at radius 3 is 3.11 bits per heavy atom. The lowest BCUT2D eigenvalue weighted by Crippen LogP contribution is -2.31. The quantitative estimate of drug-likeness (QED) is 0.650. The standard InChI is InChI=1S/C12H18N4O3/c1-8-2-3-9-10(12(18)15-11(8)13)14-6-16(9)7-19-5-4-17/h6,17H,2-5,7,13H2,1H3,(H,15,18)/b11-8-. The molecule has 4 N–H and O–H groups in total. The molecule has 0 aromatic carbocycles. The lowest BCUT2D eigenvalue weighted by atomic mass is 10.1. The van der Waals surface area contributed by atoms with Crippen LogP contribution in [0.5, 0.6) is 0 Å². The van der Waals surface area contributed by atoms with Crippen LogP contribution in [0.2, 0.25) is 0 Å². The summed E-state index contributed by atoms with van der Waals surface area (Å²) in [5.74, 6) is 0.106. The number of ether oxygens (including phenoxy) is 1. The molecule has 104 valence electrons. The number of carbonyl (C=O) groups excluding carboxylic acids is 1. The molecule has 0 radical (unpaired) electrons. The normalized spacial score (nSPS) is 19.6. The van der Waals surface area contributed by atoms with Gasteiger partial charge < -0.3 is 25.5 Å². The number of nitrogens with one attached hydrogen (secondary N) is 1. The molecule has 0 saturated carbocycles. The lowest BCUT2D eigenvalue weighted by Gasteiger charge is -2.15. The van der Waals surface area contributed by atoms with E-state index < -0.39 is 0 Å². The van der Waals surface area contributed by atoms with E-state index in [9.17, 15) is 4.79 Å². The molecule has 2 heterocycles. The van der Waals surface area contributed by atoms with Crippen molar-refractivity contribution in [2.75, 3.05) is 13.2 Å². The van der Waals surface area contributed by atoms with Crippen LogP contribution in [0.4, 0.5) is 0 Å². The molecule has 1 aromatic rings. The van der Waals surface area contributed by atoms with Gasteiger partial charge in [0, 0.05) is 0 Å². The first kappa shape index (κ1) is 13.6. The van der Waals surface area contributed by atoms with Crippen molar-refractivity contribution in [3.05, 3.63) is 29.1 Å². The fourth-order valence-electron chi connectivity index (χ4n) is 1.93. The summed E-state index contributed by atoms with van der Waals surface area (Å²) < 4.78 is 7.03. The molecule has 1 aliphatic rings. The number of amides is 1. The highest BCUT2D eigenvalue weighted by Crippen LogP contribution is 2.17. The zero-order valence-corrected chi connectivity index (χ0v) is 10.8. The average molecular weight is 266 g/mol. The van der Waals surface area contributed by atoms with E-state index in [1.807, 2.05) is 6.92 Å². The first-order valence-electron chi connectivity index (χ1n) is 6.12. The molecule has 7 nitrogen and oxygen atoms in total. The molecular formula is C12H18N4O3. The van der Waals surface area contributed by atoms with Crippen LogP contribution in [-0.4, -0.2) is 33.8 Å². The third-order valence-electron chi connectivity index (χ3n) is 3.07. The molecule has 0 bridgehead atoms. The van der Waals surface area contributed by atoms with Crippen LogP contribution in [-0.2, 0) is 17.9 Å². The van der Waals surface area contributed by atoms with Crippen LogP contribution in [0, 0.1) is 0 Å². The van der Waals surface area contributed by atoms with Gasteiger partial charge in [-0.3, -0.25) is 4.79 Å². The van der Waals surface area contributed by atoms with Gasteiger partial charge in [-0.15, -0.1) is 0 Å². The molecule has 2 rings (SSSR count). The molecule has 0 atom stereocenters. The van der Waals surface area contributed by atoms with Crippen molar-refractivity contribution in [1.82, 2.24) is 14.9 Å². The van der Waals surface area contributed by atoms with Crippen molar-refractivity contribution in [2.45, 2.75) is 26.5 Å². The van der Waals surface area contributed by atoms with Crippen molar-refractivity contribution in [2.24, 2.45) is 5.73 Å². The SMILES string of the molecule is C/C1=C(\N)NC(=O)c2ncn(COCCO)c2CC1. The number of hydrogen-bond acceptors (Lipinski definition) is 5. The van der Waals surface area contributed by atoms with E-state index in [2.05, 4.69) is 10.3 Å². The predicted octanol–water partition coefficient (Wildman–Crippen LogP) is -0.284. The number of aliphatic hydroxyl groups is 1. The van der Waals surface area contributed by atoms with Gasteiger partial charge in [-0.25, -0.2) is 4.98 Å². The van der Waals surface area contributed by atoms with Crippen LogP contribution in [0.15, 0.2) is 17.7 Å². The van der Waals surface area contributed by atoms with Crippen molar-refractivity contribution >= 4 is 5.91 Å². The number of hydrogen-bond donors (Lipinski definition) is 3. The Bertz CT molecular complexity index is 507. The summed E-state index contributed by atoms with van der Waals surface area (Å²) in [6.07, 6.45) is 3.00. The van der Waals surface area contributed by atoms with E-state index in [1.165, 1.54) is 0 Å². The minimum absolute atomic E-state index is 0.0320. The molecule has 0 aliphatic carbocycles. The Balaban J connectivity index is 2.20. The number of allylic oxidation sites excluding steroid dienone is 1. The fourth-order valence-corrected chi connectivity index (χ4v) is 1.93. The van der Waals surface area contributed by atoms with E-state index in [0.717, 1.165) is 17.7 Å². The summed E-state index contributed by atoms with van der Waals surface area (Å²) >= 11 is 0. The van der Waals surface area contributed by atoms with Crippen LogP contribution >= 0.6 is 0 Å². The summed E-state index contributed by atoms with van der Waals surface area (Å²) in [5, 5.41) is 11.3. The molecule has 0 fully saturated rings. The molecule has 0 saturated heterocycles. The van der Waals surface area contributed by atoms with E-state index in [-0.39, 0.29) is 25.9 Å². The first-order valence-corrected chi connectivity index (χ1v) is 6.12. The van der Waals surface area contributed by atoms with Gasteiger partial charge >= 0.3 is 0 Å². The zero-order valence-electron chi connectivity index (χ0n) is 10.8. The van der Waals surface area contributed by atoms with Gasteiger partial charge in [0.25, 0.3) is 5.91 Å². The second-order valence-electron chi connectivity index (χ2n) is 4.42. The van der Waals surface area contributed by atoms with Crippen LogP contribution < -0.4 is 11.1 Å². The average Bonchev–Trinajstić information content (AvgIpc) is 2.78. The van der Waals surface area contributed by atoms with E-state index in [1.54, 1.807) is 10.9 Å². The summed E-state index contributed by atoms with van der Waals surface area (Å²) in [5.41, 5.74) is 7.91. The van der Waals surface area contributed by atoms with E-state index >= 15 is 0 Å².